The molecule has 23 heavy (non-hydrogen) atoms. The second-order valence-corrected chi connectivity index (χ2v) is 6.09. The van der Waals surface area contributed by atoms with Crippen LogP contribution in [0.1, 0.15) is 11.1 Å². The van der Waals surface area contributed by atoms with Crippen molar-refractivity contribution >= 4 is 0 Å². The molecule has 1 heterocycles. The van der Waals surface area contributed by atoms with Gasteiger partial charge in [-0.25, -0.2) is 0 Å². The van der Waals surface area contributed by atoms with Gasteiger partial charge in [0.25, 0.3) is 0 Å². The van der Waals surface area contributed by atoms with E-state index in [4.69, 9.17) is 5.26 Å². The van der Waals surface area contributed by atoms with E-state index in [9.17, 15) is 5.11 Å². The number of rotatable bonds is 3. The van der Waals surface area contributed by atoms with Crippen LogP contribution in [0.3, 0.4) is 0 Å². The summed E-state index contributed by atoms with van der Waals surface area (Å²) in [7, 11) is 2.14. The molecule has 0 unspecified atom stereocenters. The Balaban J connectivity index is 1.85. The Morgan fingerprint density at radius 1 is 1.09 bits per heavy atom. The zero-order chi connectivity index (χ0) is 16.2. The van der Waals surface area contributed by atoms with Gasteiger partial charge in [0.1, 0.15) is 5.75 Å². The molecule has 0 amide bonds. The summed E-state index contributed by atoms with van der Waals surface area (Å²) in [6, 6.07) is 15.4. The van der Waals surface area contributed by atoms with Crippen molar-refractivity contribution in [1.29, 1.82) is 5.26 Å². The molecular weight excluding hydrogens is 286 g/mol. The topological polar surface area (TPSA) is 50.5 Å². The van der Waals surface area contributed by atoms with Gasteiger partial charge >= 0.3 is 0 Å². The largest absolute Gasteiger partial charge is 0.507 e. The number of benzene rings is 2. The number of phenolic OH excluding ortho intramolecular Hbond substituents is 1. The molecule has 2 aromatic carbocycles. The highest BCUT2D eigenvalue weighted by Gasteiger charge is 2.16. The molecule has 1 aliphatic rings. The lowest BCUT2D eigenvalue weighted by Gasteiger charge is -2.32. The van der Waals surface area contributed by atoms with Crippen molar-refractivity contribution in [2.75, 3.05) is 33.2 Å². The summed E-state index contributed by atoms with van der Waals surface area (Å²) >= 11 is 0. The first kappa shape index (κ1) is 15.5. The number of para-hydroxylation sites is 1. The molecule has 0 bridgehead atoms. The van der Waals surface area contributed by atoms with E-state index in [0.29, 0.717) is 11.3 Å². The number of hydrogen-bond donors (Lipinski definition) is 1. The third-order valence-electron chi connectivity index (χ3n) is 4.41. The van der Waals surface area contributed by atoms with Gasteiger partial charge in [-0.1, -0.05) is 30.3 Å². The average molecular weight is 307 g/mol. The Kier molecular flexibility index (Phi) is 4.61. The number of hydrogen-bond acceptors (Lipinski definition) is 4. The predicted octanol–water partition coefficient (Wildman–Crippen LogP) is 2.68. The summed E-state index contributed by atoms with van der Waals surface area (Å²) < 4.78 is 0. The highest BCUT2D eigenvalue weighted by molar-refractivity contribution is 5.72. The lowest BCUT2D eigenvalue weighted by atomic mass is 9.99. The van der Waals surface area contributed by atoms with Gasteiger partial charge in [-0.2, -0.15) is 5.26 Å². The van der Waals surface area contributed by atoms with Crippen LogP contribution in [-0.2, 0) is 6.54 Å². The fourth-order valence-electron chi connectivity index (χ4n) is 2.96. The summed E-state index contributed by atoms with van der Waals surface area (Å²) in [5.74, 6) is 0.321. The minimum atomic E-state index is 0.321. The van der Waals surface area contributed by atoms with Crippen LogP contribution in [0.25, 0.3) is 11.1 Å². The van der Waals surface area contributed by atoms with Crippen LogP contribution in [-0.4, -0.2) is 48.1 Å². The van der Waals surface area contributed by atoms with Crippen LogP contribution >= 0.6 is 0 Å². The SMILES string of the molecule is CN1CCN(Cc2cccc(-c3cccc(C#N)c3)c2O)CC1. The maximum Gasteiger partial charge on any atom is 0.127 e. The van der Waals surface area contributed by atoms with E-state index in [-0.39, 0.29) is 0 Å². The number of aromatic hydroxyl groups is 1. The Morgan fingerprint density at radius 2 is 1.83 bits per heavy atom. The van der Waals surface area contributed by atoms with Crippen molar-refractivity contribution in [3.63, 3.8) is 0 Å². The minimum absolute atomic E-state index is 0.321. The molecule has 1 aliphatic heterocycles. The monoisotopic (exact) mass is 307 g/mol. The number of nitrogens with zero attached hydrogens (tertiary/aromatic N) is 3. The van der Waals surface area contributed by atoms with E-state index in [0.717, 1.165) is 49.4 Å². The summed E-state index contributed by atoms with van der Waals surface area (Å²) in [5, 5.41) is 19.7. The number of nitriles is 1. The quantitative estimate of drug-likeness (QED) is 0.947. The zero-order valence-electron chi connectivity index (χ0n) is 13.4. The molecule has 0 aromatic heterocycles. The molecule has 0 saturated carbocycles. The highest BCUT2D eigenvalue weighted by atomic mass is 16.3. The van der Waals surface area contributed by atoms with E-state index in [1.807, 2.05) is 36.4 Å². The molecular formula is C19H21N3O. The Bertz CT molecular complexity index is 728. The van der Waals surface area contributed by atoms with Crippen LogP contribution < -0.4 is 0 Å². The van der Waals surface area contributed by atoms with Crippen molar-refractivity contribution in [1.82, 2.24) is 9.80 Å². The van der Waals surface area contributed by atoms with Gasteiger partial charge in [-0.3, -0.25) is 4.90 Å². The maximum atomic E-state index is 10.7. The van der Waals surface area contributed by atoms with Gasteiger partial charge in [0.05, 0.1) is 11.6 Å². The summed E-state index contributed by atoms with van der Waals surface area (Å²) in [6.45, 7) is 4.91. The van der Waals surface area contributed by atoms with Gasteiger partial charge in [-0.05, 0) is 24.7 Å². The fourth-order valence-corrected chi connectivity index (χ4v) is 2.96. The average Bonchev–Trinajstić information content (AvgIpc) is 2.59. The van der Waals surface area contributed by atoms with Gasteiger partial charge in [0, 0.05) is 43.9 Å². The molecule has 3 rings (SSSR count). The van der Waals surface area contributed by atoms with E-state index < -0.39 is 0 Å². The predicted molar refractivity (Wildman–Crippen MR) is 91.0 cm³/mol. The molecule has 1 fully saturated rings. The van der Waals surface area contributed by atoms with E-state index in [1.165, 1.54) is 0 Å². The lowest BCUT2D eigenvalue weighted by Crippen LogP contribution is -2.43. The Labute approximate surface area is 137 Å². The summed E-state index contributed by atoms with van der Waals surface area (Å²) in [6.07, 6.45) is 0. The summed E-state index contributed by atoms with van der Waals surface area (Å²) in [5.41, 5.74) is 3.20. The molecule has 1 saturated heterocycles. The fraction of sp³-hybridized carbons (Fsp3) is 0.316. The molecule has 4 heteroatoms. The van der Waals surface area contributed by atoms with Crippen molar-refractivity contribution in [3.8, 4) is 22.9 Å². The molecule has 4 nitrogen and oxygen atoms in total. The first-order valence-corrected chi connectivity index (χ1v) is 7.89. The number of likely N-dealkylation sites (N-methyl/N-ethyl adjacent to an activating group) is 1. The third-order valence-corrected chi connectivity index (χ3v) is 4.41. The van der Waals surface area contributed by atoms with E-state index in [2.05, 4.69) is 22.9 Å². The number of phenols is 1. The van der Waals surface area contributed by atoms with E-state index in [1.54, 1.807) is 6.07 Å². The molecule has 118 valence electrons. The van der Waals surface area contributed by atoms with Crippen molar-refractivity contribution in [2.24, 2.45) is 0 Å². The highest BCUT2D eigenvalue weighted by Crippen LogP contribution is 2.33. The first-order valence-electron chi connectivity index (χ1n) is 7.89. The lowest BCUT2D eigenvalue weighted by molar-refractivity contribution is 0.147. The van der Waals surface area contributed by atoms with Gasteiger partial charge in [0.2, 0.25) is 0 Å². The molecule has 0 aliphatic carbocycles. The molecule has 0 atom stereocenters. The Morgan fingerprint density at radius 3 is 2.57 bits per heavy atom. The van der Waals surface area contributed by atoms with Crippen molar-refractivity contribution < 1.29 is 5.11 Å². The van der Waals surface area contributed by atoms with Gasteiger partial charge < -0.3 is 10.0 Å². The minimum Gasteiger partial charge on any atom is -0.507 e. The van der Waals surface area contributed by atoms with Crippen LogP contribution in [0.15, 0.2) is 42.5 Å². The molecule has 1 N–H and O–H groups in total. The van der Waals surface area contributed by atoms with Crippen LogP contribution in [0.5, 0.6) is 5.75 Å². The standard InChI is InChI=1S/C19H21N3O/c1-21-8-10-22(11-9-21)14-17-6-3-7-18(19(17)23)16-5-2-4-15(12-16)13-20/h2-7,12,23H,8-11,14H2,1H3. The van der Waals surface area contributed by atoms with Crippen molar-refractivity contribution in [2.45, 2.75) is 6.54 Å². The van der Waals surface area contributed by atoms with Crippen molar-refractivity contribution in [3.05, 3.63) is 53.6 Å². The van der Waals surface area contributed by atoms with Gasteiger partial charge in [-0.15, -0.1) is 0 Å². The Hall–Kier alpha value is -2.35. The maximum absolute atomic E-state index is 10.7. The smallest absolute Gasteiger partial charge is 0.127 e. The number of piperazine rings is 1. The van der Waals surface area contributed by atoms with Crippen LogP contribution in [0.2, 0.25) is 0 Å². The zero-order valence-corrected chi connectivity index (χ0v) is 13.4. The van der Waals surface area contributed by atoms with Crippen LogP contribution in [0.4, 0.5) is 0 Å². The van der Waals surface area contributed by atoms with E-state index >= 15 is 0 Å². The molecule has 0 spiro atoms. The van der Waals surface area contributed by atoms with Crippen LogP contribution in [0, 0.1) is 11.3 Å². The normalized spacial score (nSPS) is 16.2. The molecule has 0 radical (unpaired) electrons. The first-order chi connectivity index (χ1) is 11.2. The molecule has 2 aromatic rings. The second kappa shape index (κ2) is 6.82. The second-order valence-electron chi connectivity index (χ2n) is 6.09. The summed E-state index contributed by atoms with van der Waals surface area (Å²) in [4.78, 5) is 4.69. The van der Waals surface area contributed by atoms with Gasteiger partial charge in [0.15, 0.2) is 0 Å². The third kappa shape index (κ3) is 3.53.